The second kappa shape index (κ2) is 8.63. The number of ether oxygens (including phenoxy) is 1. The minimum absolute atomic E-state index is 0.0545. The fourth-order valence-electron chi connectivity index (χ4n) is 4.39. The number of aryl methyl sites for hydroxylation is 1. The fraction of sp³-hybridized carbons (Fsp3) is 0.111. The first-order valence-electron chi connectivity index (χ1n) is 10.6. The maximum absolute atomic E-state index is 13.4. The molecule has 1 saturated heterocycles. The average Bonchev–Trinajstić information content (AvgIpc) is 3.38. The van der Waals surface area contributed by atoms with Crippen molar-refractivity contribution in [2.45, 2.75) is 13.0 Å². The lowest BCUT2D eigenvalue weighted by molar-refractivity contribution is -0.132. The summed E-state index contributed by atoms with van der Waals surface area (Å²) in [6.45, 7) is 1.92. The number of hydrogen-bond donors (Lipinski definition) is 1. The Morgan fingerprint density at radius 1 is 1.06 bits per heavy atom. The van der Waals surface area contributed by atoms with E-state index in [0.717, 1.165) is 21.2 Å². The number of Topliss-reactive ketones (excluding diaryl/α,β-unsaturated/α-hetero) is 1. The predicted octanol–water partition coefficient (Wildman–Crippen LogP) is 6.50. The molecular weight excluding hydrogens is 470 g/mol. The Morgan fingerprint density at radius 2 is 1.82 bits per heavy atom. The highest BCUT2D eigenvalue weighted by Gasteiger charge is 2.48. The summed E-state index contributed by atoms with van der Waals surface area (Å²) in [5.74, 6) is -1.20. The molecule has 0 radical (unpaired) electrons. The zero-order chi connectivity index (χ0) is 24.0. The third-order valence-corrected chi connectivity index (χ3v) is 7.42. The Morgan fingerprint density at radius 3 is 2.53 bits per heavy atom. The molecular formula is C27H20ClNO4S. The maximum atomic E-state index is 13.4. The number of amides is 1. The summed E-state index contributed by atoms with van der Waals surface area (Å²) in [4.78, 5) is 29.0. The van der Waals surface area contributed by atoms with Crippen LogP contribution in [0.3, 0.4) is 0 Å². The van der Waals surface area contributed by atoms with Crippen molar-refractivity contribution in [1.82, 2.24) is 0 Å². The summed E-state index contributed by atoms with van der Waals surface area (Å²) >= 11 is 7.78. The molecule has 7 heteroatoms. The minimum atomic E-state index is -0.788. The van der Waals surface area contributed by atoms with Crippen molar-refractivity contribution in [3.8, 4) is 5.75 Å². The molecule has 1 fully saturated rings. The van der Waals surface area contributed by atoms with Crippen LogP contribution in [0.25, 0.3) is 16.5 Å². The van der Waals surface area contributed by atoms with Crippen LogP contribution in [0.2, 0.25) is 5.02 Å². The lowest BCUT2D eigenvalue weighted by Gasteiger charge is -2.25. The zero-order valence-corrected chi connectivity index (χ0v) is 20.0. The Labute approximate surface area is 205 Å². The Balaban J connectivity index is 1.77. The first kappa shape index (κ1) is 22.2. The van der Waals surface area contributed by atoms with Crippen LogP contribution in [-0.4, -0.2) is 23.9 Å². The molecule has 1 aliphatic heterocycles. The summed E-state index contributed by atoms with van der Waals surface area (Å²) in [6.07, 6.45) is 0. The molecule has 34 heavy (non-hydrogen) atoms. The van der Waals surface area contributed by atoms with Gasteiger partial charge < -0.3 is 9.84 Å². The predicted molar refractivity (Wildman–Crippen MR) is 136 cm³/mol. The number of thiophene rings is 1. The number of anilines is 1. The van der Waals surface area contributed by atoms with E-state index in [1.165, 1.54) is 23.3 Å². The van der Waals surface area contributed by atoms with Gasteiger partial charge in [0.25, 0.3) is 11.7 Å². The number of benzene rings is 3. The SMILES string of the molecule is COc1ccc(N2C(=O)C(=O)/C(=C(/O)c3cccc4ccccc34)C2c2sccc2C)cc1Cl. The van der Waals surface area contributed by atoms with Crippen molar-refractivity contribution in [1.29, 1.82) is 0 Å². The van der Waals surface area contributed by atoms with Crippen LogP contribution in [0.1, 0.15) is 22.0 Å². The van der Waals surface area contributed by atoms with Crippen molar-refractivity contribution < 1.29 is 19.4 Å². The number of ketones is 1. The number of nitrogens with zero attached hydrogens (tertiary/aromatic N) is 1. The Bertz CT molecular complexity index is 1480. The van der Waals surface area contributed by atoms with E-state index in [-0.39, 0.29) is 11.3 Å². The van der Waals surface area contributed by atoms with Gasteiger partial charge in [0.15, 0.2) is 0 Å². The fourth-order valence-corrected chi connectivity index (χ4v) is 5.67. The second-order valence-electron chi connectivity index (χ2n) is 7.98. The van der Waals surface area contributed by atoms with E-state index in [2.05, 4.69) is 0 Å². The molecule has 3 aromatic carbocycles. The van der Waals surface area contributed by atoms with Gasteiger partial charge in [0.1, 0.15) is 17.6 Å². The molecule has 0 spiro atoms. The van der Waals surface area contributed by atoms with Crippen LogP contribution >= 0.6 is 22.9 Å². The lowest BCUT2D eigenvalue weighted by atomic mass is 9.95. The van der Waals surface area contributed by atoms with E-state index < -0.39 is 17.7 Å². The third kappa shape index (κ3) is 3.47. The van der Waals surface area contributed by atoms with Gasteiger partial charge in [-0.25, -0.2) is 0 Å². The van der Waals surface area contributed by atoms with Crippen molar-refractivity contribution >= 4 is 56.8 Å². The number of carbonyl (C=O) groups is 2. The highest BCUT2D eigenvalue weighted by atomic mass is 35.5. The first-order valence-corrected chi connectivity index (χ1v) is 11.8. The van der Waals surface area contributed by atoms with Gasteiger partial charge in [-0.2, -0.15) is 0 Å². The normalized spacial score (nSPS) is 17.5. The number of aliphatic hydroxyl groups excluding tert-OH is 1. The van der Waals surface area contributed by atoms with Gasteiger partial charge >= 0.3 is 0 Å². The molecule has 2 heterocycles. The molecule has 1 unspecified atom stereocenters. The number of fused-ring (bicyclic) bond motifs is 1. The van der Waals surface area contributed by atoms with Gasteiger partial charge in [-0.15, -0.1) is 11.3 Å². The Hall–Kier alpha value is -3.61. The number of methoxy groups -OCH3 is 1. The topological polar surface area (TPSA) is 66.8 Å². The van der Waals surface area contributed by atoms with Crippen molar-refractivity contribution in [3.05, 3.63) is 98.7 Å². The van der Waals surface area contributed by atoms with Crippen molar-refractivity contribution in [3.63, 3.8) is 0 Å². The molecule has 1 N–H and O–H groups in total. The number of halogens is 1. The van der Waals surface area contributed by atoms with Crippen LogP contribution in [0.5, 0.6) is 5.75 Å². The summed E-state index contributed by atoms with van der Waals surface area (Å²) in [5.41, 5.74) is 1.93. The van der Waals surface area contributed by atoms with E-state index in [0.29, 0.717) is 22.0 Å². The molecule has 0 aliphatic carbocycles. The van der Waals surface area contributed by atoms with Gasteiger partial charge in [-0.05, 0) is 52.9 Å². The van der Waals surface area contributed by atoms with Crippen LogP contribution in [0, 0.1) is 6.92 Å². The minimum Gasteiger partial charge on any atom is -0.507 e. The molecule has 0 bridgehead atoms. The number of carbonyl (C=O) groups excluding carboxylic acids is 2. The van der Waals surface area contributed by atoms with Crippen LogP contribution < -0.4 is 9.64 Å². The second-order valence-corrected chi connectivity index (χ2v) is 9.34. The quantitative estimate of drug-likeness (QED) is 0.202. The van der Waals surface area contributed by atoms with Crippen LogP contribution in [0.15, 0.2) is 77.7 Å². The molecule has 1 aromatic heterocycles. The molecule has 1 atom stereocenters. The number of rotatable bonds is 4. The summed E-state index contributed by atoms with van der Waals surface area (Å²) in [5, 5.41) is 15.4. The maximum Gasteiger partial charge on any atom is 0.300 e. The molecule has 5 nitrogen and oxygen atoms in total. The summed E-state index contributed by atoms with van der Waals surface area (Å²) in [7, 11) is 1.51. The standard InChI is InChI=1S/C27H20ClNO4S/c1-15-12-13-34-26(15)23-22(24(30)19-9-5-7-16-6-3-4-8-18(16)19)25(31)27(32)29(23)17-10-11-21(33-2)20(28)14-17/h3-14,23,30H,1-2H3/b24-22+. The van der Waals surface area contributed by atoms with Gasteiger partial charge in [0.2, 0.25) is 0 Å². The summed E-state index contributed by atoms with van der Waals surface area (Å²) < 4.78 is 5.24. The van der Waals surface area contributed by atoms with E-state index in [4.69, 9.17) is 16.3 Å². The molecule has 0 saturated carbocycles. The summed E-state index contributed by atoms with van der Waals surface area (Å²) in [6, 6.07) is 19.2. The van der Waals surface area contributed by atoms with Crippen molar-refractivity contribution in [2.75, 3.05) is 12.0 Å². The first-order chi connectivity index (χ1) is 16.4. The molecule has 1 aliphatic rings. The van der Waals surface area contributed by atoms with Gasteiger partial charge in [0, 0.05) is 16.1 Å². The molecule has 1 amide bonds. The van der Waals surface area contributed by atoms with E-state index >= 15 is 0 Å². The Kier molecular flexibility index (Phi) is 5.63. The largest absolute Gasteiger partial charge is 0.507 e. The molecule has 5 rings (SSSR count). The smallest absolute Gasteiger partial charge is 0.300 e. The number of aliphatic hydroxyl groups is 1. The van der Waals surface area contributed by atoms with Crippen LogP contribution in [-0.2, 0) is 9.59 Å². The third-order valence-electron chi connectivity index (χ3n) is 6.05. The lowest BCUT2D eigenvalue weighted by Crippen LogP contribution is -2.29. The van der Waals surface area contributed by atoms with Gasteiger partial charge in [-0.3, -0.25) is 14.5 Å². The van der Waals surface area contributed by atoms with Crippen LogP contribution in [0.4, 0.5) is 5.69 Å². The van der Waals surface area contributed by atoms with Gasteiger partial charge in [-0.1, -0.05) is 54.1 Å². The van der Waals surface area contributed by atoms with E-state index in [9.17, 15) is 14.7 Å². The van der Waals surface area contributed by atoms with E-state index in [1.807, 2.05) is 54.8 Å². The zero-order valence-electron chi connectivity index (χ0n) is 18.4. The van der Waals surface area contributed by atoms with Crippen molar-refractivity contribution in [2.24, 2.45) is 0 Å². The molecule has 170 valence electrons. The average molecular weight is 490 g/mol. The number of hydrogen-bond acceptors (Lipinski definition) is 5. The molecule has 4 aromatic rings. The monoisotopic (exact) mass is 489 g/mol. The van der Waals surface area contributed by atoms with E-state index in [1.54, 1.807) is 24.3 Å². The van der Waals surface area contributed by atoms with Gasteiger partial charge in [0.05, 0.1) is 17.7 Å². The highest BCUT2D eigenvalue weighted by molar-refractivity contribution is 7.10. The highest BCUT2D eigenvalue weighted by Crippen LogP contribution is 2.46.